The molecule has 0 saturated carbocycles. The van der Waals surface area contributed by atoms with Gasteiger partial charge in [0.1, 0.15) is 5.76 Å². The van der Waals surface area contributed by atoms with Crippen LogP contribution in [0.5, 0.6) is 0 Å². The molecule has 0 fully saturated rings. The van der Waals surface area contributed by atoms with Crippen molar-refractivity contribution >= 4 is 11.0 Å². The van der Waals surface area contributed by atoms with Crippen molar-refractivity contribution < 1.29 is 4.52 Å². The molecule has 0 aromatic carbocycles. The van der Waals surface area contributed by atoms with E-state index in [2.05, 4.69) is 10.1 Å². The molecule has 0 N–H and O–H groups in total. The van der Waals surface area contributed by atoms with Crippen molar-refractivity contribution in [2.45, 2.75) is 13.8 Å². The highest BCUT2D eigenvalue weighted by Crippen LogP contribution is 2.15. The van der Waals surface area contributed by atoms with E-state index in [4.69, 9.17) is 4.52 Å². The van der Waals surface area contributed by atoms with Crippen LogP contribution >= 0.6 is 0 Å². The highest BCUT2D eigenvalue weighted by atomic mass is 16.5. The van der Waals surface area contributed by atoms with Crippen LogP contribution in [-0.4, -0.2) is 10.1 Å². The topological polar surface area (TPSA) is 38.9 Å². The van der Waals surface area contributed by atoms with Crippen LogP contribution in [0.1, 0.15) is 11.3 Å². The summed E-state index contributed by atoms with van der Waals surface area (Å²) in [6.07, 6.45) is 1.78. The summed E-state index contributed by atoms with van der Waals surface area (Å²) in [6.45, 7) is 3.88. The predicted octanol–water partition coefficient (Wildman–Crippen LogP) is 1.84. The Kier molecular flexibility index (Phi) is 1.18. The summed E-state index contributed by atoms with van der Waals surface area (Å²) in [6, 6.07) is 2.02. The maximum atomic E-state index is 4.96. The Morgan fingerprint density at radius 3 is 3.00 bits per heavy atom. The van der Waals surface area contributed by atoms with Gasteiger partial charge in [0, 0.05) is 6.20 Å². The summed E-state index contributed by atoms with van der Waals surface area (Å²) in [7, 11) is 0. The van der Waals surface area contributed by atoms with E-state index in [0.717, 1.165) is 16.7 Å². The minimum Gasteiger partial charge on any atom is -0.359 e. The average Bonchev–Trinajstić information content (AvgIpc) is 2.33. The van der Waals surface area contributed by atoms with Gasteiger partial charge in [0.15, 0.2) is 0 Å². The van der Waals surface area contributed by atoms with Gasteiger partial charge >= 0.3 is 0 Å². The lowest BCUT2D eigenvalue weighted by atomic mass is 10.2. The quantitative estimate of drug-likeness (QED) is 0.572. The van der Waals surface area contributed by atoms with Crippen molar-refractivity contribution in [2.24, 2.45) is 0 Å². The van der Waals surface area contributed by atoms with Gasteiger partial charge in [0.05, 0.1) is 5.39 Å². The Morgan fingerprint density at radius 1 is 1.36 bits per heavy atom. The monoisotopic (exact) mass is 148 g/mol. The number of hydrogen-bond acceptors (Lipinski definition) is 3. The summed E-state index contributed by atoms with van der Waals surface area (Å²) < 4.78 is 4.96. The van der Waals surface area contributed by atoms with E-state index in [1.165, 1.54) is 0 Å². The predicted molar refractivity (Wildman–Crippen MR) is 41.3 cm³/mol. The molecule has 0 bridgehead atoms. The molecule has 3 nitrogen and oxygen atoms in total. The SMILES string of the molecule is Cc1cnc2noc(C)c2c1. The third kappa shape index (κ3) is 0.888. The van der Waals surface area contributed by atoms with Crippen molar-refractivity contribution in [2.75, 3.05) is 0 Å². The molecule has 56 valence electrons. The van der Waals surface area contributed by atoms with Gasteiger partial charge in [-0.15, -0.1) is 0 Å². The molecule has 2 aromatic heterocycles. The minimum atomic E-state index is 0.688. The first kappa shape index (κ1) is 6.34. The fraction of sp³-hybridized carbons (Fsp3) is 0.250. The Hall–Kier alpha value is -1.38. The van der Waals surface area contributed by atoms with Gasteiger partial charge in [-0.1, -0.05) is 5.16 Å². The molecular weight excluding hydrogens is 140 g/mol. The highest BCUT2D eigenvalue weighted by Gasteiger charge is 2.03. The van der Waals surface area contributed by atoms with Crippen LogP contribution in [-0.2, 0) is 0 Å². The molecular formula is C8H8N2O. The van der Waals surface area contributed by atoms with E-state index in [1.807, 2.05) is 19.9 Å². The number of fused-ring (bicyclic) bond motifs is 1. The second kappa shape index (κ2) is 2.05. The molecule has 0 spiro atoms. The maximum Gasteiger partial charge on any atom is 0.202 e. The van der Waals surface area contributed by atoms with Gasteiger partial charge in [-0.25, -0.2) is 4.98 Å². The minimum absolute atomic E-state index is 0.688. The molecule has 0 aliphatic carbocycles. The van der Waals surface area contributed by atoms with Crippen molar-refractivity contribution in [1.29, 1.82) is 0 Å². The lowest BCUT2D eigenvalue weighted by Crippen LogP contribution is -1.78. The number of aromatic nitrogens is 2. The van der Waals surface area contributed by atoms with Gasteiger partial charge < -0.3 is 4.52 Å². The summed E-state index contributed by atoms with van der Waals surface area (Å²) >= 11 is 0. The smallest absolute Gasteiger partial charge is 0.202 e. The van der Waals surface area contributed by atoms with Crippen LogP contribution < -0.4 is 0 Å². The molecule has 0 atom stereocenters. The number of rotatable bonds is 0. The molecule has 0 unspecified atom stereocenters. The Balaban J connectivity index is 2.87. The van der Waals surface area contributed by atoms with Crippen LogP contribution in [0.4, 0.5) is 0 Å². The molecule has 3 heteroatoms. The largest absolute Gasteiger partial charge is 0.359 e. The fourth-order valence-corrected chi connectivity index (χ4v) is 1.05. The van der Waals surface area contributed by atoms with Gasteiger partial charge in [0.25, 0.3) is 0 Å². The first-order valence-electron chi connectivity index (χ1n) is 3.46. The summed E-state index contributed by atoms with van der Waals surface area (Å²) in [5.41, 5.74) is 1.82. The number of aryl methyl sites for hydroxylation is 2. The van der Waals surface area contributed by atoms with Crippen LogP contribution in [0.2, 0.25) is 0 Å². The average molecular weight is 148 g/mol. The molecule has 0 saturated heterocycles. The first-order valence-corrected chi connectivity index (χ1v) is 3.46. The van der Waals surface area contributed by atoms with Crippen LogP contribution in [0.3, 0.4) is 0 Å². The molecule has 11 heavy (non-hydrogen) atoms. The lowest BCUT2D eigenvalue weighted by molar-refractivity contribution is 0.404. The molecule has 2 aromatic rings. The van der Waals surface area contributed by atoms with E-state index in [-0.39, 0.29) is 0 Å². The van der Waals surface area contributed by atoms with E-state index in [0.29, 0.717) is 5.65 Å². The zero-order chi connectivity index (χ0) is 7.84. The van der Waals surface area contributed by atoms with Crippen molar-refractivity contribution in [1.82, 2.24) is 10.1 Å². The summed E-state index contributed by atoms with van der Waals surface area (Å²) in [4.78, 5) is 4.10. The molecule has 0 amide bonds. The summed E-state index contributed by atoms with van der Waals surface area (Å²) in [5.74, 6) is 0.830. The van der Waals surface area contributed by atoms with Crippen LogP contribution in [0, 0.1) is 13.8 Å². The van der Waals surface area contributed by atoms with Crippen molar-refractivity contribution in [3.05, 3.63) is 23.6 Å². The zero-order valence-electron chi connectivity index (χ0n) is 6.46. The Labute approximate surface area is 64.0 Å². The third-order valence-electron chi connectivity index (χ3n) is 1.65. The van der Waals surface area contributed by atoms with Crippen LogP contribution in [0.15, 0.2) is 16.8 Å². The lowest BCUT2D eigenvalue weighted by Gasteiger charge is -1.88. The van der Waals surface area contributed by atoms with Crippen molar-refractivity contribution in [3.63, 3.8) is 0 Å². The van der Waals surface area contributed by atoms with E-state index in [1.54, 1.807) is 6.20 Å². The molecule has 2 heterocycles. The van der Waals surface area contributed by atoms with Gasteiger partial charge in [-0.05, 0) is 25.5 Å². The second-order valence-electron chi connectivity index (χ2n) is 2.62. The van der Waals surface area contributed by atoms with Gasteiger partial charge in [-0.2, -0.15) is 0 Å². The van der Waals surface area contributed by atoms with Crippen LogP contribution in [0.25, 0.3) is 11.0 Å². The Bertz CT molecular complexity index is 392. The summed E-state index contributed by atoms with van der Waals surface area (Å²) in [5, 5.41) is 4.78. The maximum absolute atomic E-state index is 4.96. The van der Waals surface area contributed by atoms with E-state index < -0.39 is 0 Å². The number of nitrogens with zero attached hydrogens (tertiary/aromatic N) is 2. The van der Waals surface area contributed by atoms with E-state index in [9.17, 15) is 0 Å². The molecule has 0 aliphatic rings. The highest BCUT2D eigenvalue weighted by molar-refractivity contribution is 5.76. The van der Waals surface area contributed by atoms with Gasteiger partial charge in [0.2, 0.25) is 5.65 Å². The normalized spacial score (nSPS) is 10.7. The molecule has 2 rings (SSSR count). The first-order chi connectivity index (χ1) is 5.27. The van der Waals surface area contributed by atoms with Crippen molar-refractivity contribution in [3.8, 4) is 0 Å². The fourth-order valence-electron chi connectivity index (χ4n) is 1.05. The molecule has 0 aliphatic heterocycles. The van der Waals surface area contributed by atoms with E-state index >= 15 is 0 Å². The zero-order valence-corrected chi connectivity index (χ0v) is 6.46. The molecule has 0 radical (unpaired) electrons. The number of pyridine rings is 1. The third-order valence-corrected chi connectivity index (χ3v) is 1.65. The standard InChI is InChI=1S/C8H8N2O/c1-5-3-7-6(2)11-10-8(7)9-4-5/h3-4H,1-2H3. The number of hydrogen-bond donors (Lipinski definition) is 0. The van der Waals surface area contributed by atoms with Gasteiger partial charge in [-0.3, -0.25) is 0 Å². The Morgan fingerprint density at radius 2 is 2.18 bits per heavy atom. The second-order valence-corrected chi connectivity index (χ2v) is 2.62.